The van der Waals surface area contributed by atoms with E-state index in [1.165, 1.54) is 4.57 Å². The molecule has 0 atom stereocenters. The fraction of sp³-hybridized carbons (Fsp3) is 0.412. The highest BCUT2D eigenvalue weighted by molar-refractivity contribution is 6.06. The summed E-state index contributed by atoms with van der Waals surface area (Å²) in [5, 5.41) is 0.754. The van der Waals surface area contributed by atoms with Gasteiger partial charge in [-0.05, 0) is 45.4 Å². The molecule has 0 aliphatic carbocycles. The highest BCUT2D eigenvalue weighted by Gasteiger charge is 2.21. The lowest BCUT2D eigenvalue weighted by Crippen LogP contribution is -2.26. The number of aromatic nitrogens is 1. The third kappa shape index (κ3) is 2.84. The molecule has 0 aliphatic rings. The van der Waals surface area contributed by atoms with Crippen molar-refractivity contribution < 1.29 is 14.3 Å². The average Bonchev–Trinajstić information content (AvgIpc) is 2.81. The molecule has 0 bridgehead atoms. The van der Waals surface area contributed by atoms with Gasteiger partial charge >= 0.3 is 6.09 Å². The zero-order chi connectivity index (χ0) is 16.7. The van der Waals surface area contributed by atoms with Gasteiger partial charge in [-0.25, -0.2) is 4.79 Å². The van der Waals surface area contributed by atoms with Crippen molar-refractivity contribution in [2.24, 2.45) is 0 Å². The van der Waals surface area contributed by atoms with Crippen molar-refractivity contribution in [3.63, 3.8) is 0 Å². The van der Waals surface area contributed by atoms with Gasteiger partial charge in [-0.1, -0.05) is 0 Å². The Kier molecular flexibility index (Phi) is 4.00. The van der Waals surface area contributed by atoms with Gasteiger partial charge in [0.2, 0.25) is 0 Å². The highest BCUT2D eigenvalue weighted by atomic mass is 16.6. The van der Waals surface area contributed by atoms with Crippen molar-refractivity contribution in [2.75, 3.05) is 19.0 Å². The van der Waals surface area contributed by atoms with E-state index in [1.54, 1.807) is 12.3 Å². The molecule has 22 heavy (non-hydrogen) atoms. The molecular formula is C17H22N2O3. The number of carbonyl (C=O) groups is 2. The maximum atomic E-state index is 12.3. The molecule has 0 radical (unpaired) electrons. The number of anilines is 1. The normalized spacial score (nSPS) is 11.5. The number of rotatable bonds is 2. The van der Waals surface area contributed by atoms with E-state index in [0.29, 0.717) is 11.1 Å². The minimum Gasteiger partial charge on any atom is -0.443 e. The van der Waals surface area contributed by atoms with Gasteiger partial charge < -0.3 is 9.64 Å². The maximum absolute atomic E-state index is 12.3. The van der Waals surface area contributed by atoms with Crippen molar-refractivity contribution in [2.45, 2.75) is 33.3 Å². The Morgan fingerprint density at radius 3 is 2.45 bits per heavy atom. The predicted octanol–water partition coefficient (Wildman–Crippen LogP) is 3.61. The topological polar surface area (TPSA) is 51.5 Å². The summed E-state index contributed by atoms with van der Waals surface area (Å²) < 4.78 is 6.88. The number of carbonyl (C=O) groups excluding carboxylic acids is 2. The number of benzene rings is 1. The van der Waals surface area contributed by atoms with Crippen LogP contribution in [0.5, 0.6) is 0 Å². The number of hydrogen-bond acceptors (Lipinski definition) is 4. The minimum absolute atomic E-state index is 0.444. The molecule has 2 rings (SSSR count). The lowest BCUT2D eigenvalue weighted by atomic mass is 10.0. The van der Waals surface area contributed by atoms with E-state index < -0.39 is 11.7 Å². The second-order valence-electron chi connectivity index (χ2n) is 6.57. The van der Waals surface area contributed by atoms with E-state index in [-0.39, 0.29) is 0 Å². The zero-order valence-corrected chi connectivity index (χ0v) is 13.9. The fourth-order valence-electron chi connectivity index (χ4n) is 2.50. The maximum Gasteiger partial charge on any atom is 0.419 e. The van der Waals surface area contributed by atoms with Gasteiger partial charge in [-0.2, -0.15) is 0 Å². The zero-order valence-electron chi connectivity index (χ0n) is 13.9. The van der Waals surface area contributed by atoms with Crippen LogP contribution in [0.1, 0.15) is 36.7 Å². The van der Waals surface area contributed by atoms with Crippen LogP contribution in [0.25, 0.3) is 10.9 Å². The molecule has 5 nitrogen and oxygen atoms in total. The van der Waals surface area contributed by atoms with E-state index in [1.807, 2.05) is 52.8 Å². The molecule has 0 unspecified atom stereocenters. The summed E-state index contributed by atoms with van der Waals surface area (Å²) >= 11 is 0. The first-order chi connectivity index (χ1) is 10.2. The van der Waals surface area contributed by atoms with Gasteiger partial charge in [-0.3, -0.25) is 9.36 Å². The monoisotopic (exact) mass is 302 g/mol. The van der Waals surface area contributed by atoms with E-state index in [2.05, 4.69) is 0 Å². The number of ether oxygens (including phenoxy) is 1. The second-order valence-corrected chi connectivity index (χ2v) is 6.57. The summed E-state index contributed by atoms with van der Waals surface area (Å²) in [5.74, 6) is 0. The van der Waals surface area contributed by atoms with E-state index in [9.17, 15) is 9.59 Å². The van der Waals surface area contributed by atoms with Crippen LogP contribution < -0.4 is 4.90 Å². The number of nitrogens with zero attached hydrogens (tertiary/aromatic N) is 2. The van der Waals surface area contributed by atoms with Crippen molar-refractivity contribution in [3.8, 4) is 0 Å². The SMILES string of the molecule is Cc1cc(N(C)C)c(C=O)c2ccn(C(=O)OC(C)(C)C)c12. The van der Waals surface area contributed by atoms with Crippen LogP contribution in [0.3, 0.4) is 0 Å². The van der Waals surface area contributed by atoms with Gasteiger partial charge in [0.15, 0.2) is 6.29 Å². The molecule has 0 N–H and O–H groups in total. The summed E-state index contributed by atoms with van der Waals surface area (Å²) in [5.41, 5.74) is 2.47. The standard InChI is InChI=1S/C17H22N2O3/c1-11-9-14(18(5)6)13(10-20)12-7-8-19(15(11)12)16(21)22-17(2,3)4/h7-10H,1-6H3. The van der Waals surface area contributed by atoms with Crippen LogP contribution in [0.4, 0.5) is 10.5 Å². The summed E-state index contributed by atoms with van der Waals surface area (Å²) in [6.45, 7) is 7.39. The highest BCUT2D eigenvalue weighted by Crippen LogP contribution is 2.31. The average molecular weight is 302 g/mol. The number of fused-ring (bicyclic) bond motifs is 1. The van der Waals surface area contributed by atoms with Crippen molar-refractivity contribution >= 4 is 29.0 Å². The van der Waals surface area contributed by atoms with Gasteiger partial charge in [0.25, 0.3) is 0 Å². The molecule has 5 heteroatoms. The third-order valence-corrected chi connectivity index (χ3v) is 3.37. The van der Waals surface area contributed by atoms with Crippen LogP contribution in [-0.4, -0.2) is 36.6 Å². The Morgan fingerprint density at radius 1 is 1.32 bits per heavy atom. The van der Waals surface area contributed by atoms with Crippen LogP contribution in [0, 0.1) is 6.92 Å². The van der Waals surface area contributed by atoms with Crippen LogP contribution in [0.2, 0.25) is 0 Å². The molecule has 0 aliphatic heterocycles. The lowest BCUT2D eigenvalue weighted by Gasteiger charge is -2.21. The largest absolute Gasteiger partial charge is 0.443 e. The van der Waals surface area contributed by atoms with E-state index in [0.717, 1.165) is 22.9 Å². The molecule has 2 aromatic rings. The van der Waals surface area contributed by atoms with Crippen LogP contribution in [0.15, 0.2) is 18.3 Å². The van der Waals surface area contributed by atoms with Gasteiger partial charge in [0.05, 0.1) is 5.52 Å². The van der Waals surface area contributed by atoms with Gasteiger partial charge in [0, 0.05) is 36.9 Å². The third-order valence-electron chi connectivity index (χ3n) is 3.37. The Bertz CT molecular complexity index is 736. The quantitative estimate of drug-likeness (QED) is 0.795. The molecule has 0 amide bonds. The van der Waals surface area contributed by atoms with Crippen LogP contribution >= 0.6 is 0 Å². The molecule has 118 valence electrons. The first-order valence-electron chi connectivity index (χ1n) is 7.16. The van der Waals surface area contributed by atoms with Crippen molar-refractivity contribution in [3.05, 3.63) is 29.5 Å². The predicted molar refractivity (Wildman–Crippen MR) is 88.0 cm³/mol. The van der Waals surface area contributed by atoms with Gasteiger partial charge in [0.1, 0.15) is 5.60 Å². The Hall–Kier alpha value is -2.30. The molecular weight excluding hydrogens is 280 g/mol. The number of aryl methyl sites for hydroxylation is 1. The molecule has 0 spiro atoms. The second kappa shape index (κ2) is 5.48. The molecule has 1 aromatic carbocycles. The molecule has 1 heterocycles. The summed E-state index contributed by atoms with van der Waals surface area (Å²) in [7, 11) is 3.77. The van der Waals surface area contributed by atoms with E-state index in [4.69, 9.17) is 4.74 Å². The molecule has 0 fully saturated rings. The Morgan fingerprint density at radius 2 is 1.95 bits per heavy atom. The minimum atomic E-state index is -0.571. The molecule has 1 aromatic heterocycles. The Balaban J connectivity index is 2.67. The summed E-state index contributed by atoms with van der Waals surface area (Å²) in [6, 6.07) is 3.69. The van der Waals surface area contributed by atoms with Gasteiger partial charge in [-0.15, -0.1) is 0 Å². The number of hydrogen-bond donors (Lipinski definition) is 0. The van der Waals surface area contributed by atoms with E-state index >= 15 is 0 Å². The smallest absolute Gasteiger partial charge is 0.419 e. The first-order valence-corrected chi connectivity index (χ1v) is 7.16. The van der Waals surface area contributed by atoms with Crippen molar-refractivity contribution in [1.82, 2.24) is 4.57 Å². The number of aldehydes is 1. The lowest BCUT2D eigenvalue weighted by molar-refractivity contribution is 0.0544. The first kappa shape index (κ1) is 16.1. The molecule has 0 saturated heterocycles. The Labute approximate surface area is 130 Å². The van der Waals surface area contributed by atoms with Crippen molar-refractivity contribution in [1.29, 1.82) is 0 Å². The van der Waals surface area contributed by atoms with Crippen LogP contribution in [-0.2, 0) is 4.74 Å². The summed E-state index contributed by atoms with van der Waals surface area (Å²) in [4.78, 5) is 25.8. The molecule has 0 saturated carbocycles. The fourth-order valence-corrected chi connectivity index (χ4v) is 2.50. The summed E-state index contributed by atoms with van der Waals surface area (Å²) in [6.07, 6.45) is 2.04.